The van der Waals surface area contributed by atoms with Crippen LogP contribution in [-0.2, 0) is 0 Å². The summed E-state index contributed by atoms with van der Waals surface area (Å²) in [4.78, 5) is 0. The van der Waals surface area contributed by atoms with Gasteiger partial charge in [-0.15, -0.1) is 0 Å². The van der Waals surface area contributed by atoms with Crippen molar-refractivity contribution in [1.29, 1.82) is 0 Å². The van der Waals surface area contributed by atoms with Crippen molar-refractivity contribution in [3.63, 3.8) is 0 Å². The fraction of sp³-hybridized carbons (Fsp3) is 0.114. The first kappa shape index (κ1) is 26.5. The summed E-state index contributed by atoms with van der Waals surface area (Å²) < 4.78 is 15.6. The summed E-state index contributed by atoms with van der Waals surface area (Å²) in [5.41, 5.74) is 10.2. The Balaban J connectivity index is 1.19. The van der Waals surface area contributed by atoms with E-state index in [1.807, 2.05) is 0 Å². The topological polar surface area (TPSA) is 29.3 Å². The van der Waals surface area contributed by atoms with Crippen LogP contribution in [0.3, 0.4) is 0 Å². The lowest BCUT2D eigenvalue weighted by Crippen LogP contribution is -2.33. The van der Waals surface area contributed by atoms with Crippen LogP contribution in [-0.4, -0.2) is 17.3 Å². The molecule has 0 radical (unpaired) electrons. The van der Waals surface area contributed by atoms with Gasteiger partial charge in [-0.1, -0.05) is 97.9 Å². The zero-order chi connectivity index (χ0) is 31.2. The van der Waals surface area contributed by atoms with Crippen LogP contribution in [0.5, 0.6) is 0 Å². The molecule has 10 rings (SSSR count). The van der Waals surface area contributed by atoms with Gasteiger partial charge in [-0.2, -0.15) is 4.58 Å². The molecule has 0 amide bonds. The molecule has 0 N–H and O–H groups in total. The van der Waals surface area contributed by atoms with Gasteiger partial charge in [0.15, 0.2) is 11.5 Å². The van der Waals surface area contributed by atoms with Crippen molar-refractivity contribution in [1.82, 2.24) is 0 Å². The van der Waals surface area contributed by atoms with Gasteiger partial charge in [0.25, 0.3) is 5.69 Å². The van der Waals surface area contributed by atoms with Gasteiger partial charge < -0.3 is 8.83 Å². The summed E-state index contributed by atoms with van der Waals surface area (Å²) in [7, 11) is 2.21. The zero-order valence-corrected chi connectivity index (χ0v) is 26.3. The summed E-state index contributed by atoms with van der Waals surface area (Å²) >= 11 is 0. The van der Waals surface area contributed by atoms with E-state index < -0.39 is 0 Å². The fourth-order valence-electron chi connectivity index (χ4n) is 8.53. The molecule has 224 valence electrons. The predicted octanol–water partition coefficient (Wildman–Crippen LogP) is 11.7. The highest BCUT2D eigenvalue weighted by molar-refractivity contribution is 6.33. The second-order valence-electron chi connectivity index (χ2n) is 13.0. The number of fused-ring (bicyclic) bond motifs is 6. The van der Waals surface area contributed by atoms with Crippen LogP contribution in [0, 0.1) is 5.92 Å². The Morgan fingerprint density at radius 1 is 0.532 bits per heavy atom. The normalized spacial score (nSPS) is 16.7. The van der Waals surface area contributed by atoms with Crippen molar-refractivity contribution in [2.75, 3.05) is 7.05 Å². The van der Waals surface area contributed by atoms with Crippen molar-refractivity contribution in [2.24, 2.45) is 5.92 Å². The first-order valence-corrected chi connectivity index (χ1v) is 16.6. The highest BCUT2D eigenvalue weighted by Crippen LogP contribution is 2.49. The molecule has 0 fully saturated rings. The van der Waals surface area contributed by atoms with E-state index in [1.165, 1.54) is 60.4 Å². The van der Waals surface area contributed by atoms with Crippen molar-refractivity contribution >= 4 is 65.9 Å². The Kier molecular flexibility index (Phi) is 5.60. The number of furan rings is 2. The Morgan fingerprint density at radius 3 is 1.87 bits per heavy atom. The molecule has 47 heavy (non-hydrogen) atoms. The average molecular weight is 607 g/mol. The first-order chi connectivity index (χ1) is 23.2. The maximum atomic E-state index is 6.97. The second-order valence-corrected chi connectivity index (χ2v) is 13.0. The molecule has 1 aliphatic rings. The molecule has 2 atom stereocenters. The summed E-state index contributed by atoms with van der Waals surface area (Å²) in [5, 5.41) is 8.53. The fourth-order valence-corrected chi connectivity index (χ4v) is 8.53. The van der Waals surface area contributed by atoms with Gasteiger partial charge in [0.05, 0.1) is 17.2 Å². The molecule has 3 nitrogen and oxygen atoms in total. The number of nitrogens with zero attached hydrogens (tertiary/aromatic N) is 1. The average Bonchev–Trinajstić information content (AvgIpc) is 3.70. The molecule has 9 aromatic rings. The van der Waals surface area contributed by atoms with Crippen molar-refractivity contribution in [3.8, 4) is 11.1 Å². The van der Waals surface area contributed by atoms with E-state index in [2.05, 4.69) is 152 Å². The number of hydrogen-bond donors (Lipinski definition) is 0. The lowest BCUT2D eigenvalue weighted by Gasteiger charge is -2.29. The van der Waals surface area contributed by atoms with Crippen LogP contribution in [0.2, 0.25) is 0 Å². The van der Waals surface area contributed by atoms with E-state index in [0.717, 1.165) is 39.9 Å². The van der Waals surface area contributed by atoms with Crippen LogP contribution in [0.15, 0.2) is 142 Å². The third-order valence-electron chi connectivity index (χ3n) is 10.5. The molecule has 2 aromatic heterocycles. The Bertz CT molecular complexity index is 2680. The van der Waals surface area contributed by atoms with Crippen molar-refractivity contribution in [3.05, 3.63) is 150 Å². The van der Waals surface area contributed by atoms with Gasteiger partial charge in [0.2, 0.25) is 0 Å². The van der Waals surface area contributed by atoms with Crippen LogP contribution < -0.4 is 0 Å². The van der Waals surface area contributed by atoms with Gasteiger partial charge >= 0.3 is 0 Å². The predicted molar refractivity (Wildman–Crippen MR) is 194 cm³/mol. The highest BCUT2D eigenvalue weighted by Gasteiger charge is 2.45. The molecule has 2 unspecified atom stereocenters. The summed E-state index contributed by atoms with van der Waals surface area (Å²) in [6.45, 7) is 2.30. The first-order valence-electron chi connectivity index (χ1n) is 16.6. The summed E-state index contributed by atoms with van der Waals surface area (Å²) in [6.07, 6.45) is 1.00. The summed E-state index contributed by atoms with van der Waals surface area (Å²) in [6, 6.07) is 48.2. The van der Waals surface area contributed by atoms with Gasteiger partial charge in [-0.25, -0.2) is 0 Å². The molecule has 0 spiro atoms. The molecule has 0 aliphatic carbocycles. The quantitative estimate of drug-likeness (QED) is 0.147. The number of benzene rings is 7. The lowest BCUT2D eigenvalue weighted by atomic mass is 9.75. The molecule has 1 aliphatic heterocycles. The molecular weight excluding hydrogens is 574 g/mol. The molecule has 0 saturated carbocycles. The molecule has 0 bridgehead atoms. The highest BCUT2D eigenvalue weighted by atomic mass is 16.3. The molecule has 0 saturated heterocycles. The van der Waals surface area contributed by atoms with Crippen LogP contribution in [0.4, 0.5) is 5.69 Å². The minimum atomic E-state index is 0.120. The Hall–Kier alpha value is -5.67. The van der Waals surface area contributed by atoms with Gasteiger partial charge in [-0.3, -0.25) is 0 Å². The minimum Gasteiger partial charge on any atom is -0.456 e. The van der Waals surface area contributed by atoms with Crippen LogP contribution >= 0.6 is 0 Å². The van der Waals surface area contributed by atoms with Gasteiger partial charge in [0.1, 0.15) is 23.8 Å². The van der Waals surface area contributed by atoms with E-state index in [0.29, 0.717) is 0 Å². The monoisotopic (exact) mass is 606 g/mol. The lowest BCUT2D eigenvalue weighted by molar-refractivity contribution is -0.410. The number of rotatable bonds is 4. The maximum absolute atomic E-state index is 6.97. The summed E-state index contributed by atoms with van der Waals surface area (Å²) in [5.74, 6) is 1.45. The molecule has 3 heteroatoms. The van der Waals surface area contributed by atoms with Gasteiger partial charge in [-0.05, 0) is 87.1 Å². The van der Waals surface area contributed by atoms with E-state index >= 15 is 0 Å². The van der Waals surface area contributed by atoms with E-state index in [-0.39, 0.29) is 11.8 Å². The molecule has 3 heterocycles. The maximum Gasteiger partial charge on any atom is 0.255 e. The van der Waals surface area contributed by atoms with E-state index in [1.54, 1.807) is 0 Å². The molecule has 7 aromatic carbocycles. The van der Waals surface area contributed by atoms with Crippen LogP contribution in [0.1, 0.15) is 36.1 Å². The smallest absolute Gasteiger partial charge is 0.255 e. The third kappa shape index (κ3) is 3.71. The number of hydrogen-bond acceptors (Lipinski definition) is 2. The second kappa shape index (κ2) is 9.91. The Labute approximate surface area is 272 Å². The standard InChI is InChI=1S/C44H32NO2/c1-3-30-39(26-12-6-4-7-13-26)44-43(45(2)42(30)27-14-8-5-9-15-27)34-23-21-29(25-38(34)47-44)28-20-22-31-32-16-10-18-36-40(32)41-33(35(31)24-28)17-11-19-37(41)46-36/h4-25,30,39H,3H2,1-2H3/q+1. The zero-order valence-electron chi connectivity index (χ0n) is 26.3. The third-order valence-corrected chi connectivity index (χ3v) is 10.5. The van der Waals surface area contributed by atoms with Crippen molar-refractivity contribution in [2.45, 2.75) is 19.3 Å². The Morgan fingerprint density at radius 2 is 1.17 bits per heavy atom. The van der Waals surface area contributed by atoms with Gasteiger partial charge in [0, 0.05) is 16.3 Å². The van der Waals surface area contributed by atoms with Crippen LogP contribution in [0.25, 0.3) is 65.6 Å². The van der Waals surface area contributed by atoms with Crippen molar-refractivity contribution < 1.29 is 13.4 Å². The largest absolute Gasteiger partial charge is 0.456 e. The van der Waals surface area contributed by atoms with E-state index in [9.17, 15) is 0 Å². The van der Waals surface area contributed by atoms with E-state index in [4.69, 9.17) is 8.83 Å². The molecular formula is C44H32NO2+. The minimum absolute atomic E-state index is 0.120. The SMILES string of the molecule is CCC1C(c2ccccc2)=[N+](C)c2c(oc3cc(-c4ccc5c(c4)c4cccc6oc7cccc5c7c64)ccc23)C1c1ccccc1.